The second kappa shape index (κ2) is 5.66. The third kappa shape index (κ3) is 2.67. The quantitative estimate of drug-likeness (QED) is 0.797. The molecule has 0 radical (unpaired) electrons. The Bertz CT molecular complexity index is 777. The molecule has 3 rings (SSSR count). The van der Waals surface area contributed by atoms with Gasteiger partial charge < -0.3 is 9.88 Å². The summed E-state index contributed by atoms with van der Waals surface area (Å²) in [6, 6.07) is 13.4. The molecule has 1 aromatic heterocycles. The van der Waals surface area contributed by atoms with Crippen LogP contribution in [-0.2, 0) is 20.0 Å². The molecule has 21 heavy (non-hydrogen) atoms. The van der Waals surface area contributed by atoms with Crippen LogP contribution < -0.4 is 5.32 Å². The first-order valence-electron chi connectivity index (χ1n) is 7.01. The molecule has 0 aliphatic carbocycles. The maximum Gasteiger partial charge on any atom is 0.127 e. The van der Waals surface area contributed by atoms with Gasteiger partial charge in [0, 0.05) is 20.0 Å². The highest BCUT2D eigenvalue weighted by molar-refractivity contribution is 5.75. The molecule has 0 amide bonds. The maximum absolute atomic E-state index is 14.2. The van der Waals surface area contributed by atoms with Gasteiger partial charge in [0.25, 0.3) is 0 Å². The monoisotopic (exact) mass is 283 g/mol. The van der Waals surface area contributed by atoms with Gasteiger partial charge in [-0.1, -0.05) is 24.3 Å². The molecule has 0 bridgehead atoms. The summed E-state index contributed by atoms with van der Waals surface area (Å²) in [6.45, 7) is 0.670. The van der Waals surface area contributed by atoms with E-state index in [0.29, 0.717) is 18.5 Å². The molecule has 1 heterocycles. The smallest absolute Gasteiger partial charge is 0.127 e. The first-order chi connectivity index (χ1) is 10.2. The van der Waals surface area contributed by atoms with Gasteiger partial charge in [-0.3, -0.25) is 0 Å². The van der Waals surface area contributed by atoms with E-state index in [9.17, 15) is 4.39 Å². The molecule has 0 saturated heterocycles. The van der Waals surface area contributed by atoms with Gasteiger partial charge in [-0.25, -0.2) is 9.37 Å². The Morgan fingerprint density at radius 3 is 2.71 bits per heavy atom. The van der Waals surface area contributed by atoms with E-state index < -0.39 is 0 Å². The number of para-hydroxylation sites is 2. The van der Waals surface area contributed by atoms with E-state index in [0.717, 1.165) is 22.4 Å². The fourth-order valence-electron chi connectivity index (χ4n) is 2.57. The van der Waals surface area contributed by atoms with Crippen molar-refractivity contribution in [3.63, 3.8) is 0 Å². The van der Waals surface area contributed by atoms with Crippen molar-refractivity contribution >= 4 is 11.0 Å². The topological polar surface area (TPSA) is 29.9 Å². The number of aromatic nitrogens is 2. The van der Waals surface area contributed by atoms with E-state index >= 15 is 0 Å². The van der Waals surface area contributed by atoms with E-state index in [4.69, 9.17) is 0 Å². The summed E-state index contributed by atoms with van der Waals surface area (Å²) in [5.74, 6) is 0.700. The Labute approximate surface area is 123 Å². The van der Waals surface area contributed by atoms with Gasteiger partial charge in [-0.05, 0) is 36.4 Å². The van der Waals surface area contributed by atoms with Crippen molar-refractivity contribution < 1.29 is 4.39 Å². The van der Waals surface area contributed by atoms with Crippen LogP contribution in [-0.4, -0.2) is 16.6 Å². The summed E-state index contributed by atoms with van der Waals surface area (Å²) >= 11 is 0. The lowest BCUT2D eigenvalue weighted by atomic mass is 10.1. The molecule has 0 spiro atoms. The summed E-state index contributed by atoms with van der Waals surface area (Å²) < 4.78 is 16.2. The number of hydrogen-bond donors (Lipinski definition) is 1. The van der Waals surface area contributed by atoms with Gasteiger partial charge >= 0.3 is 0 Å². The van der Waals surface area contributed by atoms with Crippen LogP contribution in [0.4, 0.5) is 4.39 Å². The number of nitrogens with zero attached hydrogens (tertiary/aromatic N) is 2. The van der Waals surface area contributed by atoms with Crippen molar-refractivity contribution in [1.82, 2.24) is 14.9 Å². The third-order valence-corrected chi connectivity index (χ3v) is 3.73. The molecule has 2 aromatic carbocycles. The lowest BCUT2D eigenvalue weighted by Gasteiger charge is -2.06. The maximum atomic E-state index is 14.2. The fraction of sp³-hybridized carbons (Fsp3) is 0.235. The molecule has 108 valence electrons. The Kier molecular flexibility index (Phi) is 3.71. The predicted molar refractivity (Wildman–Crippen MR) is 82.7 cm³/mol. The van der Waals surface area contributed by atoms with Crippen LogP contribution in [0.1, 0.15) is 17.0 Å². The summed E-state index contributed by atoms with van der Waals surface area (Å²) in [4.78, 5) is 4.59. The van der Waals surface area contributed by atoms with Gasteiger partial charge in [0.05, 0.1) is 11.0 Å². The molecule has 4 heteroatoms. The first-order valence-corrected chi connectivity index (χ1v) is 7.01. The highest BCUT2D eigenvalue weighted by Crippen LogP contribution is 2.19. The minimum Gasteiger partial charge on any atom is -0.331 e. The van der Waals surface area contributed by atoms with Gasteiger partial charge in [-0.15, -0.1) is 0 Å². The zero-order valence-corrected chi connectivity index (χ0v) is 12.2. The van der Waals surface area contributed by atoms with Gasteiger partial charge in [0.1, 0.15) is 11.6 Å². The second-order valence-corrected chi connectivity index (χ2v) is 5.21. The second-order valence-electron chi connectivity index (χ2n) is 5.21. The Morgan fingerprint density at radius 2 is 2.00 bits per heavy atom. The molecule has 0 saturated carbocycles. The van der Waals surface area contributed by atoms with Crippen LogP contribution >= 0.6 is 0 Å². The summed E-state index contributed by atoms with van der Waals surface area (Å²) in [5.41, 5.74) is 3.64. The van der Waals surface area contributed by atoms with Crippen LogP contribution in [0, 0.1) is 5.82 Å². The average molecular weight is 283 g/mol. The van der Waals surface area contributed by atoms with E-state index in [1.165, 1.54) is 0 Å². The Morgan fingerprint density at radius 1 is 1.19 bits per heavy atom. The Balaban J connectivity index is 1.93. The molecule has 3 aromatic rings. The molecule has 0 fully saturated rings. The lowest BCUT2D eigenvalue weighted by molar-refractivity contribution is 0.607. The van der Waals surface area contributed by atoms with Crippen molar-refractivity contribution in [3.05, 3.63) is 65.2 Å². The molecule has 1 N–H and O–H groups in total. The van der Waals surface area contributed by atoms with Gasteiger partial charge in [0.15, 0.2) is 0 Å². The Hall–Kier alpha value is -2.20. The average Bonchev–Trinajstić information content (AvgIpc) is 2.79. The van der Waals surface area contributed by atoms with Crippen LogP contribution in [0.3, 0.4) is 0 Å². The number of imidazole rings is 1. The van der Waals surface area contributed by atoms with E-state index in [1.54, 1.807) is 6.07 Å². The third-order valence-electron chi connectivity index (χ3n) is 3.73. The molecular weight excluding hydrogens is 265 g/mol. The lowest BCUT2D eigenvalue weighted by Crippen LogP contribution is -2.06. The molecule has 0 aliphatic rings. The SMILES string of the molecule is CNCc1ccc(Cc2nc3ccccc3n2C)c(F)c1. The number of hydrogen-bond acceptors (Lipinski definition) is 2. The number of rotatable bonds is 4. The molecule has 0 aliphatic heterocycles. The van der Waals surface area contributed by atoms with Crippen molar-refractivity contribution in [2.45, 2.75) is 13.0 Å². The first kappa shape index (κ1) is 13.8. The van der Waals surface area contributed by atoms with Gasteiger partial charge in [-0.2, -0.15) is 0 Å². The minimum atomic E-state index is -0.171. The van der Waals surface area contributed by atoms with Crippen molar-refractivity contribution in [3.8, 4) is 0 Å². The van der Waals surface area contributed by atoms with Crippen LogP contribution in [0.15, 0.2) is 42.5 Å². The molecule has 3 nitrogen and oxygen atoms in total. The number of benzene rings is 2. The van der Waals surface area contributed by atoms with Crippen molar-refractivity contribution in [1.29, 1.82) is 0 Å². The van der Waals surface area contributed by atoms with Crippen molar-refractivity contribution in [2.75, 3.05) is 7.05 Å². The highest BCUT2D eigenvalue weighted by Gasteiger charge is 2.11. The molecule has 0 atom stereocenters. The predicted octanol–water partition coefficient (Wildman–Crippen LogP) is 3.02. The zero-order valence-electron chi connectivity index (χ0n) is 12.2. The standard InChI is InChI=1S/C17H18FN3/c1-19-11-12-7-8-13(14(18)9-12)10-17-20-15-5-3-4-6-16(15)21(17)2/h3-9,19H,10-11H2,1-2H3. The van der Waals surface area contributed by atoms with Crippen LogP contribution in [0.2, 0.25) is 0 Å². The number of aryl methyl sites for hydroxylation is 1. The zero-order chi connectivity index (χ0) is 14.8. The van der Waals surface area contributed by atoms with Gasteiger partial charge in [0.2, 0.25) is 0 Å². The highest BCUT2D eigenvalue weighted by atomic mass is 19.1. The minimum absolute atomic E-state index is 0.171. The van der Waals surface area contributed by atoms with Crippen LogP contribution in [0.5, 0.6) is 0 Å². The van der Waals surface area contributed by atoms with Crippen LogP contribution in [0.25, 0.3) is 11.0 Å². The molecular formula is C17H18FN3. The summed E-state index contributed by atoms with van der Waals surface area (Å²) in [7, 11) is 3.82. The summed E-state index contributed by atoms with van der Waals surface area (Å²) in [6.07, 6.45) is 0.497. The number of fused-ring (bicyclic) bond motifs is 1. The van der Waals surface area contributed by atoms with Crippen molar-refractivity contribution in [2.24, 2.45) is 7.05 Å². The summed E-state index contributed by atoms with van der Waals surface area (Å²) in [5, 5.41) is 3.02. The molecule has 0 unspecified atom stereocenters. The number of halogens is 1. The fourth-order valence-corrected chi connectivity index (χ4v) is 2.57. The van der Waals surface area contributed by atoms with E-state index in [-0.39, 0.29) is 5.82 Å². The van der Waals surface area contributed by atoms with E-state index in [2.05, 4.69) is 10.3 Å². The number of nitrogens with one attached hydrogen (secondary N) is 1. The van der Waals surface area contributed by atoms with E-state index in [1.807, 2.05) is 55.1 Å². The normalized spacial score (nSPS) is 11.2. The largest absolute Gasteiger partial charge is 0.331 e.